The average molecular weight is 294 g/mol. The van der Waals surface area contributed by atoms with Crippen molar-refractivity contribution in [2.45, 2.75) is 25.0 Å². The van der Waals surface area contributed by atoms with Crippen molar-refractivity contribution in [3.63, 3.8) is 0 Å². The highest BCUT2D eigenvalue weighted by atomic mass is 16.5. The van der Waals surface area contributed by atoms with Gasteiger partial charge in [0.25, 0.3) is 5.91 Å². The lowest BCUT2D eigenvalue weighted by Crippen LogP contribution is -2.43. The molecule has 3 heterocycles. The van der Waals surface area contributed by atoms with E-state index in [2.05, 4.69) is 15.1 Å². The van der Waals surface area contributed by atoms with Crippen LogP contribution in [0.1, 0.15) is 23.3 Å². The van der Waals surface area contributed by atoms with Gasteiger partial charge in [0.15, 0.2) is 0 Å². The van der Waals surface area contributed by atoms with E-state index in [-0.39, 0.29) is 5.91 Å². The molecule has 116 valence electrons. The quantitative estimate of drug-likeness (QED) is 0.783. The lowest BCUT2D eigenvalue weighted by atomic mass is 10.1. The van der Waals surface area contributed by atoms with Crippen molar-refractivity contribution in [1.82, 2.24) is 20.0 Å². The summed E-state index contributed by atoms with van der Waals surface area (Å²) >= 11 is 0. The van der Waals surface area contributed by atoms with Crippen LogP contribution in [0.5, 0.6) is 0 Å². The number of aliphatic hydroxyl groups excluding tert-OH is 1. The summed E-state index contributed by atoms with van der Waals surface area (Å²) in [6.45, 7) is 3.99. The number of carbonyl (C=O) groups is 1. The van der Waals surface area contributed by atoms with Crippen LogP contribution < -0.4 is 0 Å². The molecule has 0 aliphatic carbocycles. The van der Waals surface area contributed by atoms with Crippen molar-refractivity contribution in [2.75, 3.05) is 39.4 Å². The summed E-state index contributed by atoms with van der Waals surface area (Å²) in [6.07, 6.45) is 3.06. The van der Waals surface area contributed by atoms with Crippen LogP contribution in [0.15, 0.2) is 12.3 Å². The largest absolute Gasteiger partial charge is 0.390 e. The number of carbonyl (C=O) groups excluding carboxylic acids is 1. The number of rotatable bonds is 2. The molecule has 2 fully saturated rings. The molecule has 2 N–H and O–H groups in total. The molecule has 0 radical (unpaired) electrons. The van der Waals surface area contributed by atoms with Crippen LogP contribution in [0, 0.1) is 0 Å². The highest BCUT2D eigenvalue weighted by Crippen LogP contribution is 2.17. The van der Waals surface area contributed by atoms with E-state index in [9.17, 15) is 9.90 Å². The van der Waals surface area contributed by atoms with Crippen molar-refractivity contribution in [1.29, 1.82) is 0 Å². The third-order valence-electron chi connectivity index (χ3n) is 4.26. The van der Waals surface area contributed by atoms with Gasteiger partial charge >= 0.3 is 0 Å². The van der Waals surface area contributed by atoms with Crippen molar-refractivity contribution in [3.05, 3.63) is 18.0 Å². The number of hydrogen-bond donors (Lipinski definition) is 2. The summed E-state index contributed by atoms with van der Waals surface area (Å²) in [4.78, 5) is 16.4. The number of H-pyrrole nitrogens is 1. The number of nitrogens with one attached hydrogen (secondary N) is 1. The average Bonchev–Trinajstić information content (AvgIpc) is 2.97. The third-order valence-corrected chi connectivity index (χ3v) is 4.26. The Kier molecular flexibility index (Phi) is 4.52. The van der Waals surface area contributed by atoms with Gasteiger partial charge in [0.2, 0.25) is 0 Å². The van der Waals surface area contributed by atoms with Gasteiger partial charge in [0, 0.05) is 51.6 Å². The van der Waals surface area contributed by atoms with Crippen LogP contribution in [-0.4, -0.2) is 82.5 Å². The number of aromatic amines is 1. The van der Waals surface area contributed by atoms with E-state index >= 15 is 0 Å². The predicted octanol–water partition coefficient (Wildman–Crippen LogP) is -0.293. The van der Waals surface area contributed by atoms with Gasteiger partial charge in [0.05, 0.1) is 6.10 Å². The van der Waals surface area contributed by atoms with Crippen LogP contribution in [0.2, 0.25) is 0 Å². The smallest absolute Gasteiger partial charge is 0.271 e. The Hall–Kier alpha value is -1.44. The summed E-state index contributed by atoms with van der Waals surface area (Å²) in [5.74, 6) is -0.0969. The molecule has 2 aliphatic rings. The Labute approximate surface area is 123 Å². The highest BCUT2D eigenvalue weighted by molar-refractivity contribution is 5.92. The summed E-state index contributed by atoms with van der Waals surface area (Å²) in [5.41, 5.74) is 0.474. The topological polar surface area (TPSA) is 81.7 Å². The minimum atomic E-state index is -0.512. The zero-order valence-electron chi connectivity index (χ0n) is 12.1. The first kappa shape index (κ1) is 14.5. The van der Waals surface area contributed by atoms with E-state index in [0.717, 1.165) is 32.6 Å². The first-order chi connectivity index (χ1) is 10.2. The monoisotopic (exact) mass is 294 g/mol. The number of amides is 1. The van der Waals surface area contributed by atoms with Crippen LogP contribution in [0.25, 0.3) is 0 Å². The van der Waals surface area contributed by atoms with E-state index in [4.69, 9.17) is 4.74 Å². The standard InChI is InChI=1S/C14H22N4O3/c19-12-9-17(11-2-7-21-8-3-11)5-6-18(10-12)14(20)13-1-4-15-16-13/h1,4,11-12,19H,2-3,5-10H2,(H,15,16)/t12-/m1/s1. The second kappa shape index (κ2) is 6.55. The SMILES string of the molecule is O=C(c1ccn[nH]1)N1CCN(C2CCOCC2)C[C@@H](O)C1. The van der Waals surface area contributed by atoms with Gasteiger partial charge in [-0.1, -0.05) is 0 Å². The van der Waals surface area contributed by atoms with E-state index < -0.39 is 6.10 Å². The van der Waals surface area contributed by atoms with Crippen molar-refractivity contribution in [2.24, 2.45) is 0 Å². The lowest BCUT2D eigenvalue weighted by molar-refractivity contribution is 0.0217. The Morgan fingerprint density at radius 3 is 2.86 bits per heavy atom. The minimum Gasteiger partial charge on any atom is -0.390 e. The molecule has 1 amide bonds. The Bertz CT molecular complexity index is 459. The number of nitrogens with zero attached hydrogens (tertiary/aromatic N) is 3. The molecule has 1 aromatic rings. The molecule has 0 bridgehead atoms. The van der Waals surface area contributed by atoms with Gasteiger partial charge in [-0.3, -0.25) is 14.8 Å². The Morgan fingerprint density at radius 2 is 2.14 bits per heavy atom. The fourth-order valence-electron chi connectivity index (χ4n) is 3.13. The molecule has 21 heavy (non-hydrogen) atoms. The molecule has 7 heteroatoms. The first-order valence-corrected chi connectivity index (χ1v) is 7.52. The van der Waals surface area contributed by atoms with Crippen LogP contribution >= 0.6 is 0 Å². The maximum absolute atomic E-state index is 12.3. The molecule has 2 aliphatic heterocycles. The highest BCUT2D eigenvalue weighted by Gasteiger charge is 2.29. The molecule has 2 saturated heterocycles. The molecule has 7 nitrogen and oxygen atoms in total. The van der Waals surface area contributed by atoms with E-state index in [1.807, 2.05) is 0 Å². The predicted molar refractivity (Wildman–Crippen MR) is 75.9 cm³/mol. The second-order valence-corrected chi connectivity index (χ2v) is 5.71. The number of aliphatic hydroxyl groups is 1. The van der Waals surface area contributed by atoms with Crippen molar-refractivity contribution in [3.8, 4) is 0 Å². The maximum Gasteiger partial charge on any atom is 0.271 e. The molecule has 1 aromatic heterocycles. The van der Waals surface area contributed by atoms with Gasteiger partial charge in [-0.25, -0.2) is 0 Å². The number of aromatic nitrogens is 2. The zero-order valence-corrected chi connectivity index (χ0v) is 12.1. The van der Waals surface area contributed by atoms with Gasteiger partial charge in [-0.05, 0) is 18.9 Å². The first-order valence-electron chi connectivity index (χ1n) is 7.52. The number of β-amino-alcohol motifs (C(OH)–C–C–N with tert-alkyl or cyclic N) is 1. The van der Waals surface area contributed by atoms with Crippen molar-refractivity contribution >= 4 is 5.91 Å². The second-order valence-electron chi connectivity index (χ2n) is 5.71. The molecule has 0 spiro atoms. The van der Waals surface area contributed by atoms with Crippen LogP contribution in [0.3, 0.4) is 0 Å². The van der Waals surface area contributed by atoms with Crippen LogP contribution in [-0.2, 0) is 4.74 Å². The third kappa shape index (κ3) is 3.42. The molecular weight excluding hydrogens is 272 g/mol. The summed E-state index contributed by atoms with van der Waals surface area (Å²) in [5, 5.41) is 16.7. The molecule has 0 aromatic carbocycles. The van der Waals surface area contributed by atoms with Gasteiger partial charge < -0.3 is 14.7 Å². The van der Waals surface area contributed by atoms with Gasteiger partial charge in [-0.2, -0.15) is 5.10 Å². The van der Waals surface area contributed by atoms with E-state index in [1.165, 1.54) is 0 Å². The van der Waals surface area contributed by atoms with Gasteiger partial charge in [-0.15, -0.1) is 0 Å². The minimum absolute atomic E-state index is 0.0969. The number of ether oxygens (including phenoxy) is 1. The summed E-state index contributed by atoms with van der Waals surface area (Å²) in [6, 6.07) is 2.12. The summed E-state index contributed by atoms with van der Waals surface area (Å²) in [7, 11) is 0. The molecule has 1 atom stereocenters. The fourth-order valence-corrected chi connectivity index (χ4v) is 3.13. The lowest BCUT2D eigenvalue weighted by Gasteiger charge is -2.33. The maximum atomic E-state index is 12.3. The molecule has 0 saturated carbocycles. The molecule has 0 unspecified atom stereocenters. The van der Waals surface area contributed by atoms with Crippen molar-refractivity contribution < 1.29 is 14.6 Å². The molecular formula is C14H22N4O3. The van der Waals surface area contributed by atoms with Gasteiger partial charge in [0.1, 0.15) is 5.69 Å². The summed E-state index contributed by atoms with van der Waals surface area (Å²) < 4.78 is 5.39. The van der Waals surface area contributed by atoms with Crippen LogP contribution in [0.4, 0.5) is 0 Å². The van der Waals surface area contributed by atoms with E-state index in [1.54, 1.807) is 17.2 Å². The van der Waals surface area contributed by atoms with E-state index in [0.29, 0.717) is 31.4 Å². The number of hydrogen-bond acceptors (Lipinski definition) is 5. The Balaban J connectivity index is 1.63. The fraction of sp³-hybridized carbons (Fsp3) is 0.714. The Morgan fingerprint density at radius 1 is 1.33 bits per heavy atom. The zero-order chi connectivity index (χ0) is 14.7. The normalized spacial score (nSPS) is 25.8. The molecule has 3 rings (SSSR count).